The van der Waals surface area contributed by atoms with Crippen LogP contribution in [0.4, 0.5) is 5.82 Å². The van der Waals surface area contributed by atoms with Gasteiger partial charge in [0.2, 0.25) is 0 Å². The van der Waals surface area contributed by atoms with E-state index in [-0.39, 0.29) is 12.7 Å². The van der Waals surface area contributed by atoms with E-state index in [1.807, 2.05) is 55.6 Å². The molecule has 1 aliphatic rings. The fourth-order valence-corrected chi connectivity index (χ4v) is 5.10. The van der Waals surface area contributed by atoms with Crippen molar-refractivity contribution in [2.45, 2.75) is 19.1 Å². The first kappa shape index (κ1) is 24.8. The van der Waals surface area contributed by atoms with Gasteiger partial charge in [-0.1, -0.05) is 22.0 Å². The third kappa shape index (κ3) is 5.90. The van der Waals surface area contributed by atoms with Crippen LogP contribution in [0, 0.1) is 6.92 Å². The van der Waals surface area contributed by atoms with Crippen molar-refractivity contribution in [1.29, 1.82) is 0 Å². The van der Waals surface area contributed by atoms with Crippen LogP contribution in [-0.2, 0) is 4.74 Å². The second-order valence-electron chi connectivity index (χ2n) is 9.14. The van der Waals surface area contributed by atoms with Crippen LogP contribution >= 0.6 is 15.9 Å². The minimum atomic E-state index is -0.600. The Hall–Kier alpha value is -2.91. The highest BCUT2D eigenvalue weighted by molar-refractivity contribution is 9.10. The van der Waals surface area contributed by atoms with E-state index < -0.39 is 6.10 Å². The monoisotopic (exact) mass is 547 g/mol. The van der Waals surface area contributed by atoms with Gasteiger partial charge < -0.3 is 14.7 Å². The Morgan fingerprint density at radius 2 is 1.81 bits per heavy atom. The molecule has 0 aliphatic carbocycles. The normalized spacial score (nSPS) is 16.2. The molecule has 2 unspecified atom stereocenters. The summed E-state index contributed by atoms with van der Waals surface area (Å²) in [5.74, 6) is 1.01. The summed E-state index contributed by atoms with van der Waals surface area (Å²) in [4.78, 5) is 17.9. The SMILES string of the molecule is Cc1cc(C(OCC(O)CN2CCN(c3ccccn3)CC2)c2ccncc2)c2cc(Br)ccc2n1. The lowest BCUT2D eigenvalue weighted by Gasteiger charge is -2.36. The third-order valence-electron chi connectivity index (χ3n) is 6.49. The molecular formula is C28H30BrN5O2. The first-order valence-corrected chi connectivity index (χ1v) is 13.0. The van der Waals surface area contributed by atoms with Crippen LogP contribution in [0.2, 0.25) is 0 Å². The van der Waals surface area contributed by atoms with E-state index in [0.717, 1.165) is 64.2 Å². The van der Waals surface area contributed by atoms with Gasteiger partial charge in [0.15, 0.2) is 0 Å². The minimum Gasteiger partial charge on any atom is -0.389 e. The summed E-state index contributed by atoms with van der Waals surface area (Å²) in [5, 5.41) is 11.9. The Morgan fingerprint density at radius 3 is 2.56 bits per heavy atom. The number of anilines is 1. The summed E-state index contributed by atoms with van der Waals surface area (Å²) in [6.45, 7) is 6.33. The number of benzene rings is 1. The van der Waals surface area contributed by atoms with Crippen LogP contribution in [-0.4, -0.2) is 70.4 Å². The molecule has 1 fully saturated rings. The molecule has 0 spiro atoms. The van der Waals surface area contributed by atoms with Crippen molar-refractivity contribution in [2.24, 2.45) is 0 Å². The predicted molar refractivity (Wildman–Crippen MR) is 145 cm³/mol. The lowest BCUT2D eigenvalue weighted by Crippen LogP contribution is -2.49. The summed E-state index contributed by atoms with van der Waals surface area (Å²) in [6.07, 6.45) is 4.43. The Labute approximate surface area is 219 Å². The average Bonchev–Trinajstić information content (AvgIpc) is 2.90. The number of pyridine rings is 3. The van der Waals surface area contributed by atoms with Crippen molar-refractivity contribution in [2.75, 3.05) is 44.2 Å². The van der Waals surface area contributed by atoms with Gasteiger partial charge in [0.1, 0.15) is 11.9 Å². The van der Waals surface area contributed by atoms with Crippen molar-refractivity contribution in [3.05, 3.63) is 94.5 Å². The molecule has 4 heterocycles. The number of nitrogens with zero attached hydrogens (tertiary/aromatic N) is 5. The molecule has 1 aliphatic heterocycles. The smallest absolute Gasteiger partial charge is 0.128 e. The van der Waals surface area contributed by atoms with Crippen LogP contribution in [0.3, 0.4) is 0 Å². The van der Waals surface area contributed by atoms with Crippen molar-refractivity contribution in [3.8, 4) is 0 Å². The first-order chi connectivity index (χ1) is 17.6. The van der Waals surface area contributed by atoms with Gasteiger partial charge in [-0.3, -0.25) is 14.9 Å². The van der Waals surface area contributed by atoms with Gasteiger partial charge in [0.25, 0.3) is 0 Å². The Balaban J connectivity index is 1.28. The molecule has 36 heavy (non-hydrogen) atoms. The maximum atomic E-state index is 10.9. The van der Waals surface area contributed by atoms with E-state index in [4.69, 9.17) is 9.72 Å². The van der Waals surface area contributed by atoms with Gasteiger partial charge >= 0.3 is 0 Å². The van der Waals surface area contributed by atoms with Gasteiger partial charge in [0, 0.05) is 66.9 Å². The lowest BCUT2D eigenvalue weighted by molar-refractivity contribution is -0.00857. The molecule has 1 saturated heterocycles. The fraction of sp³-hybridized carbons (Fsp3) is 0.321. The van der Waals surface area contributed by atoms with Gasteiger partial charge in [-0.05, 0) is 66.6 Å². The third-order valence-corrected chi connectivity index (χ3v) is 6.99. The van der Waals surface area contributed by atoms with Crippen LogP contribution in [0.15, 0.2) is 77.7 Å². The molecular weight excluding hydrogens is 518 g/mol. The maximum absolute atomic E-state index is 10.9. The molecule has 7 nitrogen and oxygen atoms in total. The number of aromatic nitrogens is 3. The van der Waals surface area contributed by atoms with E-state index in [2.05, 4.69) is 47.8 Å². The number of aryl methyl sites for hydroxylation is 1. The average molecular weight is 548 g/mol. The molecule has 3 aromatic heterocycles. The Kier molecular flexibility index (Phi) is 7.87. The lowest BCUT2D eigenvalue weighted by atomic mass is 9.97. The van der Waals surface area contributed by atoms with Crippen LogP contribution in [0.25, 0.3) is 10.9 Å². The van der Waals surface area contributed by atoms with Crippen molar-refractivity contribution >= 4 is 32.7 Å². The summed E-state index contributed by atoms with van der Waals surface area (Å²) in [6, 6.07) is 18.1. The largest absolute Gasteiger partial charge is 0.389 e. The van der Waals surface area contributed by atoms with Crippen LogP contribution in [0.1, 0.15) is 22.9 Å². The van der Waals surface area contributed by atoms with E-state index in [9.17, 15) is 5.11 Å². The molecule has 0 saturated carbocycles. The van der Waals surface area contributed by atoms with Gasteiger partial charge in [0.05, 0.1) is 18.2 Å². The van der Waals surface area contributed by atoms with E-state index in [1.165, 1.54) is 0 Å². The molecule has 8 heteroatoms. The number of halogens is 1. The van der Waals surface area contributed by atoms with Crippen molar-refractivity contribution in [3.63, 3.8) is 0 Å². The molecule has 0 bridgehead atoms. The molecule has 186 valence electrons. The van der Waals surface area contributed by atoms with Crippen LogP contribution < -0.4 is 4.90 Å². The standard InChI is InChI=1S/C28H30BrN5O2/c1-20-16-25(24-17-22(29)5-6-26(24)32-20)28(21-7-10-30-11-8-21)36-19-23(35)18-33-12-14-34(15-13-33)27-4-2-3-9-31-27/h2-11,16-17,23,28,35H,12-15,18-19H2,1H3. The second kappa shape index (κ2) is 11.4. The summed E-state index contributed by atoms with van der Waals surface area (Å²) in [5.41, 5.74) is 3.87. The Bertz CT molecular complexity index is 1280. The number of piperazine rings is 1. The number of β-amino-alcohol motifs (C(OH)–C–C–N with tert-alkyl or cyclic N) is 1. The zero-order chi connectivity index (χ0) is 24.9. The van der Waals surface area contributed by atoms with Crippen molar-refractivity contribution in [1.82, 2.24) is 19.9 Å². The summed E-state index contributed by atoms with van der Waals surface area (Å²) < 4.78 is 7.43. The number of aliphatic hydroxyl groups excluding tert-OH is 1. The zero-order valence-corrected chi connectivity index (χ0v) is 21.9. The number of hydrogen-bond donors (Lipinski definition) is 1. The molecule has 1 N–H and O–H groups in total. The molecule has 4 aromatic rings. The minimum absolute atomic E-state index is 0.226. The zero-order valence-electron chi connectivity index (χ0n) is 20.3. The van der Waals surface area contributed by atoms with Crippen LogP contribution in [0.5, 0.6) is 0 Å². The topological polar surface area (TPSA) is 74.6 Å². The van der Waals surface area contributed by atoms with E-state index >= 15 is 0 Å². The van der Waals surface area contributed by atoms with Gasteiger partial charge in [-0.25, -0.2) is 4.98 Å². The Morgan fingerprint density at radius 1 is 1.00 bits per heavy atom. The summed E-state index contributed by atoms with van der Waals surface area (Å²) in [7, 11) is 0. The van der Waals surface area contributed by atoms with E-state index in [0.29, 0.717) is 6.54 Å². The van der Waals surface area contributed by atoms with Gasteiger partial charge in [-0.2, -0.15) is 0 Å². The number of aliphatic hydroxyl groups is 1. The molecule has 2 atom stereocenters. The number of fused-ring (bicyclic) bond motifs is 1. The molecule has 1 aromatic carbocycles. The summed E-state index contributed by atoms with van der Waals surface area (Å²) >= 11 is 3.60. The van der Waals surface area contributed by atoms with Crippen molar-refractivity contribution < 1.29 is 9.84 Å². The highest BCUT2D eigenvalue weighted by Gasteiger charge is 2.23. The first-order valence-electron chi connectivity index (χ1n) is 12.2. The number of rotatable bonds is 8. The maximum Gasteiger partial charge on any atom is 0.128 e. The molecule has 0 amide bonds. The van der Waals surface area contributed by atoms with E-state index in [1.54, 1.807) is 12.4 Å². The van der Waals surface area contributed by atoms with Gasteiger partial charge in [-0.15, -0.1) is 0 Å². The quantitative estimate of drug-likeness (QED) is 0.350. The highest BCUT2D eigenvalue weighted by Crippen LogP contribution is 2.33. The predicted octanol–water partition coefficient (Wildman–Crippen LogP) is 4.38. The molecule has 5 rings (SSSR count). The molecule has 0 radical (unpaired) electrons. The second-order valence-corrected chi connectivity index (χ2v) is 10.1. The number of ether oxygens (including phenoxy) is 1. The fourth-order valence-electron chi connectivity index (χ4n) is 4.74. The number of hydrogen-bond acceptors (Lipinski definition) is 7. The highest BCUT2D eigenvalue weighted by atomic mass is 79.9.